The number of para-hydroxylation sites is 1. The molecular weight excluding hydrogens is 558 g/mol. The Morgan fingerprint density at radius 2 is 2.07 bits per heavy atom. The van der Waals surface area contributed by atoms with Crippen LogP contribution in [0.3, 0.4) is 0 Å². The van der Waals surface area contributed by atoms with Gasteiger partial charge in [-0.2, -0.15) is 5.10 Å². The Morgan fingerprint density at radius 1 is 1.20 bits per heavy atom. The van der Waals surface area contributed by atoms with Crippen molar-refractivity contribution in [2.24, 2.45) is 7.05 Å². The van der Waals surface area contributed by atoms with Crippen molar-refractivity contribution in [1.29, 1.82) is 0 Å². The molecule has 1 aromatic carbocycles. The molecule has 0 aliphatic carbocycles. The molecular formula is C31H37N11O2. The highest BCUT2D eigenvalue weighted by molar-refractivity contribution is 6.06. The molecule has 0 unspecified atom stereocenters. The van der Waals surface area contributed by atoms with Crippen molar-refractivity contribution in [3.8, 4) is 17.1 Å². The molecule has 228 valence electrons. The number of fused-ring (bicyclic) bond motifs is 1. The van der Waals surface area contributed by atoms with Crippen LogP contribution >= 0.6 is 0 Å². The highest BCUT2D eigenvalue weighted by Crippen LogP contribution is 2.33. The fourth-order valence-electron chi connectivity index (χ4n) is 5.33. The summed E-state index contributed by atoms with van der Waals surface area (Å²) in [6, 6.07) is 9.66. The molecule has 44 heavy (non-hydrogen) atoms. The predicted octanol–water partition coefficient (Wildman–Crippen LogP) is 4.06. The molecule has 1 fully saturated rings. The van der Waals surface area contributed by atoms with Gasteiger partial charge in [0, 0.05) is 74.9 Å². The zero-order valence-electron chi connectivity index (χ0n) is 25.6. The number of H-pyrrole nitrogens is 1. The third-order valence-electron chi connectivity index (χ3n) is 7.95. The van der Waals surface area contributed by atoms with Gasteiger partial charge in [0.05, 0.1) is 23.4 Å². The Bertz CT molecular complexity index is 1780. The van der Waals surface area contributed by atoms with Gasteiger partial charge in [-0.1, -0.05) is 12.1 Å². The minimum atomic E-state index is -0.0847. The molecule has 0 bridgehead atoms. The number of hydrogen-bond acceptors (Lipinski definition) is 10. The molecule has 0 spiro atoms. The molecule has 3 N–H and O–H groups in total. The van der Waals surface area contributed by atoms with Crippen LogP contribution in [0.5, 0.6) is 5.88 Å². The van der Waals surface area contributed by atoms with E-state index in [1.807, 2.05) is 69.4 Å². The average molecular weight is 596 g/mol. The number of hydrogen-bond donors (Lipinski definition) is 3. The number of aromatic nitrogens is 7. The Morgan fingerprint density at radius 3 is 2.86 bits per heavy atom. The molecule has 1 saturated heterocycles. The van der Waals surface area contributed by atoms with Gasteiger partial charge in [0.25, 0.3) is 0 Å². The Balaban J connectivity index is 1.11. The summed E-state index contributed by atoms with van der Waals surface area (Å²) in [7, 11) is 3.87. The van der Waals surface area contributed by atoms with E-state index in [4.69, 9.17) is 9.72 Å². The molecule has 5 aromatic rings. The zero-order chi connectivity index (χ0) is 30.8. The van der Waals surface area contributed by atoms with Crippen LogP contribution in [0.2, 0.25) is 0 Å². The van der Waals surface area contributed by atoms with Crippen molar-refractivity contribution in [3.63, 3.8) is 0 Å². The second kappa shape index (κ2) is 12.3. The number of benzene rings is 1. The maximum Gasteiger partial charge on any atom is 0.238 e. The SMILES string of the molecule is CCN(C)c1cc(O[C@H]2CCN(CC(=O)Nc3cccc4c(-c5nc(Nc6cc(C)n(C)n6)ncc5C)c[nH]c34)C2)ncn1. The molecule has 5 heterocycles. The van der Waals surface area contributed by atoms with Gasteiger partial charge in [-0.25, -0.2) is 19.9 Å². The lowest BCUT2D eigenvalue weighted by atomic mass is 10.1. The van der Waals surface area contributed by atoms with Crippen LogP contribution in [0.4, 0.5) is 23.3 Å². The Labute approximate surface area is 255 Å². The van der Waals surface area contributed by atoms with E-state index >= 15 is 0 Å². The van der Waals surface area contributed by atoms with E-state index in [1.54, 1.807) is 10.9 Å². The standard InChI is InChI=1S/C31H37N11O2/c1-6-40(4)26-13-28(35-18-34-26)44-21-10-11-42(16-21)17-27(43)36-24-9-7-8-22-23(15-32-30(22)24)29-19(2)14-33-31(38-29)37-25-12-20(3)41(5)39-25/h7-9,12-15,18,21,32H,6,10-11,16-17H2,1-5H3,(H,36,43)(H,33,37,38,39)/t21-/m0/s1. The van der Waals surface area contributed by atoms with E-state index in [0.717, 1.165) is 58.7 Å². The van der Waals surface area contributed by atoms with Crippen LogP contribution in [-0.2, 0) is 11.8 Å². The summed E-state index contributed by atoms with van der Waals surface area (Å²) in [5, 5.41) is 11.7. The van der Waals surface area contributed by atoms with E-state index in [1.165, 1.54) is 6.33 Å². The van der Waals surface area contributed by atoms with Gasteiger partial charge in [-0.05, 0) is 38.8 Å². The van der Waals surface area contributed by atoms with E-state index in [-0.39, 0.29) is 18.6 Å². The third-order valence-corrected chi connectivity index (χ3v) is 7.95. The number of nitrogens with zero attached hydrogens (tertiary/aromatic N) is 8. The normalized spacial score (nSPS) is 15.1. The Hall–Kier alpha value is -5.04. The molecule has 1 aliphatic rings. The van der Waals surface area contributed by atoms with E-state index in [2.05, 4.69) is 47.5 Å². The first-order valence-electron chi connectivity index (χ1n) is 14.7. The van der Waals surface area contributed by atoms with Crippen LogP contribution in [0.15, 0.2) is 49.1 Å². The van der Waals surface area contributed by atoms with Crippen LogP contribution in [0.1, 0.15) is 24.6 Å². The topological polar surface area (TPSA) is 142 Å². The summed E-state index contributed by atoms with van der Waals surface area (Å²) >= 11 is 0. The van der Waals surface area contributed by atoms with Gasteiger partial charge in [0.2, 0.25) is 17.7 Å². The quantitative estimate of drug-likeness (QED) is 0.216. The number of ether oxygens (including phenoxy) is 1. The lowest BCUT2D eigenvalue weighted by molar-refractivity contribution is -0.117. The highest BCUT2D eigenvalue weighted by Gasteiger charge is 2.26. The average Bonchev–Trinajstić information content (AvgIpc) is 3.72. The summed E-state index contributed by atoms with van der Waals surface area (Å²) in [4.78, 5) is 38.4. The lowest BCUT2D eigenvalue weighted by Crippen LogP contribution is -2.33. The number of anilines is 4. The van der Waals surface area contributed by atoms with E-state index in [0.29, 0.717) is 29.9 Å². The molecule has 6 rings (SSSR count). The van der Waals surface area contributed by atoms with Gasteiger partial charge in [-0.15, -0.1) is 0 Å². The summed E-state index contributed by atoms with van der Waals surface area (Å²) in [6.07, 6.45) is 6.02. The number of nitrogens with one attached hydrogen (secondary N) is 3. The predicted molar refractivity (Wildman–Crippen MR) is 170 cm³/mol. The first kappa shape index (κ1) is 29.1. The van der Waals surface area contributed by atoms with Crippen molar-refractivity contribution in [2.75, 3.05) is 48.8 Å². The van der Waals surface area contributed by atoms with Gasteiger partial charge in [0.1, 0.15) is 18.2 Å². The number of likely N-dealkylation sites (tertiary alicyclic amines) is 1. The summed E-state index contributed by atoms with van der Waals surface area (Å²) in [5.41, 5.74) is 5.24. The largest absolute Gasteiger partial charge is 0.473 e. The number of carbonyl (C=O) groups is 1. The number of aryl methyl sites for hydroxylation is 3. The molecule has 4 aromatic heterocycles. The van der Waals surface area contributed by atoms with Crippen LogP contribution in [0, 0.1) is 13.8 Å². The smallest absolute Gasteiger partial charge is 0.238 e. The minimum absolute atomic E-state index is 0.0379. The number of rotatable bonds is 10. The number of carbonyl (C=O) groups excluding carboxylic acids is 1. The third kappa shape index (κ3) is 6.18. The van der Waals surface area contributed by atoms with Gasteiger partial charge < -0.3 is 25.3 Å². The highest BCUT2D eigenvalue weighted by atomic mass is 16.5. The second-order valence-electron chi connectivity index (χ2n) is 11.1. The monoisotopic (exact) mass is 595 g/mol. The van der Waals surface area contributed by atoms with Crippen molar-refractivity contribution < 1.29 is 9.53 Å². The van der Waals surface area contributed by atoms with Gasteiger partial charge >= 0.3 is 0 Å². The molecule has 0 saturated carbocycles. The summed E-state index contributed by atoms with van der Waals surface area (Å²) in [5.74, 6) is 2.43. The van der Waals surface area contributed by atoms with Crippen molar-refractivity contribution in [3.05, 3.63) is 60.3 Å². The fourth-order valence-corrected chi connectivity index (χ4v) is 5.33. The maximum absolute atomic E-state index is 13.1. The lowest BCUT2D eigenvalue weighted by Gasteiger charge is -2.18. The molecule has 13 nitrogen and oxygen atoms in total. The van der Waals surface area contributed by atoms with Gasteiger partial charge in [0.15, 0.2) is 5.82 Å². The minimum Gasteiger partial charge on any atom is -0.473 e. The van der Waals surface area contributed by atoms with E-state index in [9.17, 15) is 4.79 Å². The molecule has 1 atom stereocenters. The maximum atomic E-state index is 13.1. The van der Waals surface area contributed by atoms with E-state index < -0.39 is 0 Å². The fraction of sp³-hybridized carbons (Fsp3) is 0.355. The molecule has 0 radical (unpaired) electrons. The second-order valence-corrected chi connectivity index (χ2v) is 11.1. The Kier molecular flexibility index (Phi) is 8.11. The van der Waals surface area contributed by atoms with Crippen molar-refractivity contribution in [2.45, 2.75) is 33.3 Å². The first-order valence-corrected chi connectivity index (χ1v) is 14.7. The molecule has 13 heteroatoms. The molecule has 1 amide bonds. The van der Waals surface area contributed by atoms with Crippen LogP contribution < -0.4 is 20.3 Å². The number of amides is 1. The number of aromatic amines is 1. The van der Waals surface area contributed by atoms with Crippen molar-refractivity contribution >= 4 is 40.1 Å². The summed E-state index contributed by atoms with van der Waals surface area (Å²) in [6.45, 7) is 8.56. The molecule has 1 aliphatic heterocycles. The summed E-state index contributed by atoms with van der Waals surface area (Å²) < 4.78 is 7.92. The van der Waals surface area contributed by atoms with Crippen LogP contribution in [0.25, 0.3) is 22.2 Å². The van der Waals surface area contributed by atoms with Crippen molar-refractivity contribution in [1.82, 2.24) is 39.6 Å². The first-order chi connectivity index (χ1) is 21.3. The van der Waals surface area contributed by atoms with Gasteiger partial charge in [-0.3, -0.25) is 14.4 Å². The zero-order valence-corrected chi connectivity index (χ0v) is 25.6. The van der Waals surface area contributed by atoms with Crippen LogP contribution in [-0.4, -0.2) is 84.8 Å².